The zero-order valence-electron chi connectivity index (χ0n) is 17.7. The fraction of sp³-hybridized carbons (Fsp3) is 0.440. The highest BCUT2D eigenvalue weighted by Crippen LogP contribution is 2.29. The number of benzene rings is 2. The Morgan fingerprint density at radius 1 is 1.03 bits per heavy atom. The smallest absolute Gasteiger partial charge is 0.306 e. The van der Waals surface area contributed by atoms with Gasteiger partial charge < -0.3 is 10.8 Å². The molecule has 2 aromatic carbocycles. The van der Waals surface area contributed by atoms with Gasteiger partial charge in [0, 0.05) is 12.6 Å². The molecule has 5 heteroatoms. The molecule has 30 heavy (non-hydrogen) atoms. The van der Waals surface area contributed by atoms with Gasteiger partial charge in [-0.25, -0.2) is 0 Å². The fourth-order valence-electron chi connectivity index (χ4n) is 4.04. The molecule has 0 bridgehead atoms. The predicted molar refractivity (Wildman–Crippen MR) is 118 cm³/mol. The van der Waals surface area contributed by atoms with Crippen LogP contribution in [0.1, 0.15) is 48.4 Å². The van der Waals surface area contributed by atoms with Crippen molar-refractivity contribution in [2.75, 3.05) is 6.54 Å². The molecule has 0 heterocycles. The van der Waals surface area contributed by atoms with Crippen LogP contribution in [0.15, 0.2) is 48.5 Å². The van der Waals surface area contributed by atoms with E-state index < -0.39 is 5.97 Å². The van der Waals surface area contributed by atoms with Crippen molar-refractivity contribution in [1.82, 2.24) is 4.90 Å². The van der Waals surface area contributed by atoms with Gasteiger partial charge in [-0.3, -0.25) is 14.5 Å². The van der Waals surface area contributed by atoms with Crippen molar-refractivity contribution >= 4 is 11.9 Å². The third-order valence-corrected chi connectivity index (χ3v) is 5.74. The van der Waals surface area contributed by atoms with Gasteiger partial charge in [-0.2, -0.15) is 0 Å². The Balaban J connectivity index is 0.000000367. The number of fused-ring (bicyclic) bond motifs is 1. The summed E-state index contributed by atoms with van der Waals surface area (Å²) in [7, 11) is 0. The molecule has 2 aliphatic carbocycles. The normalized spacial score (nSPS) is 17.2. The molecular weight excluding hydrogens is 376 g/mol. The van der Waals surface area contributed by atoms with Crippen LogP contribution in [0.25, 0.3) is 0 Å². The average Bonchev–Trinajstić information content (AvgIpc) is 3.48. The molecule has 0 saturated heterocycles. The van der Waals surface area contributed by atoms with Crippen molar-refractivity contribution in [2.45, 2.75) is 58.0 Å². The van der Waals surface area contributed by atoms with Crippen LogP contribution in [0, 0.1) is 5.92 Å². The van der Waals surface area contributed by atoms with E-state index in [-0.39, 0.29) is 11.8 Å². The van der Waals surface area contributed by atoms with Crippen LogP contribution >= 0.6 is 0 Å². The first-order chi connectivity index (χ1) is 14.5. The largest absolute Gasteiger partial charge is 0.481 e. The van der Waals surface area contributed by atoms with E-state index >= 15 is 0 Å². The number of nitrogens with two attached hydrogens (primary N) is 1. The first-order valence-corrected chi connectivity index (χ1v) is 10.9. The van der Waals surface area contributed by atoms with Gasteiger partial charge >= 0.3 is 5.97 Å². The number of aliphatic carboxylic acids is 1. The molecule has 1 atom stereocenters. The molecule has 1 fully saturated rings. The number of rotatable bonds is 8. The number of hydrogen-bond acceptors (Lipinski definition) is 3. The summed E-state index contributed by atoms with van der Waals surface area (Å²) in [5.41, 5.74) is 10.5. The van der Waals surface area contributed by atoms with E-state index in [4.69, 9.17) is 10.8 Å². The Hall–Kier alpha value is -2.66. The van der Waals surface area contributed by atoms with Crippen molar-refractivity contribution in [1.29, 1.82) is 0 Å². The van der Waals surface area contributed by atoms with E-state index in [0.29, 0.717) is 12.5 Å². The number of carbonyl (C=O) groups excluding carboxylic acids is 1. The Morgan fingerprint density at radius 2 is 1.73 bits per heavy atom. The number of carbonyl (C=O) groups is 2. The number of amides is 1. The molecular formula is C25H32N2O3. The summed E-state index contributed by atoms with van der Waals surface area (Å²) >= 11 is 0. The van der Waals surface area contributed by atoms with Crippen LogP contribution in [0.2, 0.25) is 0 Å². The van der Waals surface area contributed by atoms with Crippen molar-refractivity contribution < 1.29 is 14.7 Å². The molecule has 2 aromatic rings. The van der Waals surface area contributed by atoms with E-state index in [0.717, 1.165) is 50.8 Å². The van der Waals surface area contributed by atoms with Crippen LogP contribution < -0.4 is 5.73 Å². The molecule has 0 radical (unpaired) electrons. The van der Waals surface area contributed by atoms with Gasteiger partial charge in [-0.1, -0.05) is 55.5 Å². The van der Waals surface area contributed by atoms with Crippen molar-refractivity contribution in [3.63, 3.8) is 0 Å². The minimum absolute atomic E-state index is 0.0185. The first kappa shape index (κ1) is 22.0. The maximum absolute atomic E-state index is 11.1. The summed E-state index contributed by atoms with van der Waals surface area (Å²) in [5, 5.41) is 8.05. The lowest BCUT2D eigenvalue weighted by molar-refractivity contribution is -0.138. The van der Waals surface area contributed by atoms with Crippen molar-refractivity contribution in [3.05, 3.63) is 70.8 Å². The number of carboxylic acid groups (broad SMARTS) is 1. The van der Waals surface area contributed by atoms with Gasteiger partial charge in [-0.15, -0.1) is 0 Å². The van der Waals surface area contributed by atoms with Gasteiger partial charge in [0.2, 0.25) is 5.91 Å². The quantitative estimate of drug-likeness (QED) is 0.699. The first-order valence-electron chi connectivity index (χ1n) is 10.9. The second kappa shape index (κ2) is 10.4. The maximum Gasteiger partial charge on any atom is 0.306 e. The lowest BCUT2D eigenvalue weighted by atomic mass is 10.0. The fourth-order valence-corrected chi connectivity index (χ4v) is 4.04. The maximum atomic E-state index is 11.1. The molecule has 0 aromatic heterocycles. The highest BCUT2D eigenvalue weighted by molar-refractivity contribution is 5.76. The standard InChI is InChI=1S/C21H26N2O.C4H6O2/c1-2-10-23(15-16-6-4-3-5-7-16)20-13-18-9-8-17(12-21(22)24)11-19(18)14-20;5-4(6)3-1-2-3/h3-9,11,20H,2,10,12-15H2,1H3,(H2,22,24);3H,1-2H2,(H,5,6). The molecule has 0 spiro atoms. The molecule has 0 aliphatic heterocycles. The monoisotopic (exact) mass is 408 g/mol. The van der Waals surface area contributed by atoms with Crippen LogP contribution in [0.5, 0.6) is 0 Å². The Morgan fingerprint density at radius 3 is 2.30 bits per heavy atom. The number of hydrogen-bond donors (Lipinski definition) is 2. The topological polar surface area (TPSA) is 83.6 Å². The molecule has 1 amide bonds. The molecule has 1 unspecified atom stereocenters. The Bertz CT molecular complexity index is 862. The lowest BCUT2D eigenvalue weighted by Gasteiger charge is -2.28. The van der Waals surface area contributed by atoms with Crippen LogP contribution in [0.3, 0.4) is 0 Å². The molecule has 4 rings (SSSR count). The summed E-state index contributed by atoms with van der Waals surface area (Å²) in [5.74, 6) is -0.874. The highest BCUT2D eigenvalue weighted by Gasteiger charge is 2.28. The number of primary amides is 1. The van der Waals surface area contributed by atoms with E-state index in [9.17, 15) is 9.59 Å². The molecule has 2 aliphatic rings. The lowest BCUT2D eigenvalue weighted by Crippen LogP contribution is -2.36. The van der Waals surface area contributed by atoms with E-state index in [1.54, 1.807) is 0 Å². The highest BCUT2D eigenvalue weighted by atomic mass is 16.4. The third-order valence-electron chi connectivity index (χ3n) is 5.74. The van der Waals surface area contributed by atoms with Gasteiger partial charge in [0.25, 0.3) is 0 Å². The summed E-state index contributed by atoms with van der Waals surface area (Å²) in [6.07, 6.45) is 5.45. The zero-order chi connectivity index (χ0) is 21.5. The zero-order valence-corrected chi connectivity index (χ0v) is 17.7. The SMILES string of the molecule is CCCN(Cc1ccccc1)C1Cc2ccc(CC(N)=O)cc2C1.O=C(O)C1CC1. The Labute approximate surface area is 178 Å². The second-order valence-electron chi connectivity index (χ2n) is 8.38. The van der Waals surface area contributed by atoms with Gasteiger partial charge in [-0.05, 0) is 60.9 Å². The number of nitrogens with zero attached hydrogens (tertiary/aromatic N) is 1. The van der Waals surface area contributed by atoms with E-state index in [1.165, 1.54) is 16.7 Å². The Kier molecular flexibility index (Phi) is 7.63. The van der Waals surface area contributed by atoms with E-state index in [2.05, 4.69) is 54.3 Å². The third kappa shape index (κ3) is 6.42. The predicted octanol–water partition coefficient (Wildman–Crippen LogP) is 3.57. The minimum Gasteiger partial charge on any atom is -0.481 e. The summed E-state index contributed by atoms with van der Waals surface area (Å²) in [4.78, 5) is 23.5. The second-order valence-corrected chi connectivity index (χ2v) is 8.38. The molecule has 3 N–H and O–H groups in total. The minimum atomic E-state index is -0.630. The number of carboxylic acids is 1. The van der Waals surface area contributed by atoms with Crippen LogP contribution in [0.4, 0.5) is 0 Å². The van der Waals surface area contributed by atoms with Crippen molar-refractivity contribution in [3.8, 4) is 0 Å². The summed E-state index contributed by atoms with van der Waals surface area (Å²) in [6, 6.07) is 17.6. The molecule has 5 nitrogen and oxygen atoms in total. The van der Waals surface area contributed by atoms with Crippen LogP contribution in [-0.4, -0.2) is 34.5 Å². The molecule has 1 saturated carbocycles. The molecule has 160 valence electrons. The van der Waals surface area contributed by atoms with Gasteiger partial charge in [0.15, 0.2) is 0 Å². The summed E-state index contributed by atoms with van der Waals surface area (Å²) in [6.45, 7) is 4.36. The van der Waals surface area contributed by atoms with Crippen molar-refractivity contribution in [2.24, 2.45) is 11.7 Å². The summed E-state index contributed by atoms with van der Waals surface area (Å²) < 4.78 is 0. The van der Waals surface area contributed by atoms with Gasteiger partial charge in [0.05, 0.1) is 12.3 Å². The van der Waals surface area contributed by atoms with E-state index in [1.807, 2.05) is 6.07 Å². The van der Waals surface area contributed by atoms with Gasteiger partial charge in [0.1, 0.15) is 0 Å². The van der Waals surface area contributed by atoms with Crippen LogP contribution in [-0.2, 0) is 35.4 Å². The average molecular weight is 409 g/mol.